The maximum atomic E-state index is 13.4. The van der Waals surface area contributed by atoms with Crippen LogP contribution in [0, 0.1) is 5.82 Å². The molecule has 2 aromatic heterocycles. The van der Waals surface area contributed by atoms with Gasteiger partial charge in [-0.3, -0.25) is 23.4 Å². The molecule has 15 nitrogen and oxygen atoms in total. The summed E-state index contributed by atoms with van der Waals surface area (Å²) >= 11 is 0. The van der Waals surface area contributed by atoms with Gasteiger partial charge in [-0.25, -0.2) is 18.9 Å². The molecule has 0 aliphatic rings. The molecule has 2 aromatic carbocycles. The first-order valence-electron chi connectivity index (χ1n) is 15.5. The molecule has 0 aliphatic heterocycles. The third-order valence-corrected chi connectivity index (χ3v) is 8.06. The molecular formula is C32H43FN7O8P. The van der Waals surface area contributed by atoms with Gasteiger partial charge >= 0.3 is 7.82 Å². The van der Waals surface area contributed by atoms with Crippen molar-refractivity contribution >= 4 is 41.8 Å². The minimum Gasteiger partial charge on any atom is -0.493 e. The van der Waals surface area contributed by atoms with E-state index in [9.17, 15) is 18.6 Å². The Kier molecular flexibility index (Phi) is 13.4. The number of ether oxygens (including phenoxy) is 3. The van der Waals surface area contributed by atoms with Gasteiger partial charge < -0.3 is 29.7 Å². The predicted octanol–water partition coefficient (Wildman–Crippen LogP) is 5.01. The van der Waals surface area contributed by atoms with Crippen LogP contribution >= 0.6 is 7.82 Å². The number of benzene rings is 2. The molecule has 3 N–H and O–H groups in total. The van der Waals surface area contributed by atoms with Gasteiger partial charge in [0, 0.05) is 50.1 Å². The molecule has 0 aliphatic carbocycles. The number of anilines is 3. The Labute approximate surface area is 284 Å². The number of fused-ring (bicyclic) bond motifs is 1. The molecule has 49 heavy (non-hydrogen) atoms. The highest BCUT2D eigenvalue weighted by Crippen LogP contribution is 2.47. The van der Waals surface area contributed by atoms with Gasteiger partial charge in [0.15, 0.2) is 11.5 Å². The number of aromatic nitrogens is 4. The average Bonchev–Trinajstić information content (AvgIpc) is 3.46. The Bertz CT molecular complexity index is 1740. The van der Waals surface area contributed by atoms with Crippen molar-refractivity contribution in [2.24, 2.45) is 0 Å². The SMILES string of the molecule is COCCN(CCCOc1cc2ncnc(Nc3cnn(CC(=O)Nc4cccc(F)c4)c3)c2cc1OC)CCOP(=O)(O)OC(C)(C)C. The normalized spacial score (nSPS) is 13.0. The largest absolute Gasteiger partial charge is 0.493 e. The van der Waals surface area contributed by atoms with E-state index in [4.69, 9.17) is 23.3 Å². The lowest BCUT2D eigenvalue weighted by Crippen LogP contribution is -2.32. The predicted molar refractivity (Wildman–Crippen MR) is 182 cm³/mol. The molecular weight excluding hydrogens is 660 g/mol. The standard InChI is InChI=1S/C32H43FN7O8P/c1-32(2,3)48-49(42,43)47-15-12-39(11-14-44-4)10-7-13-46-29-18-27-26(17-28(29)45-5)31(35-22-34-27)38-25-19-36-40(20-25)21-30(41)37-24-9-6-8-23(33)16-24/h6,8-9,16-20,22H,7,10-15,21H2,1-5H3,(H,37,41)(H,42,43)(H,34,35,38). The summed E-state index contributed by atoms with van der Waals surface area (Å²) in [5, 5.41) is 10.8. The molecule has 1 amide bonds. The summed E-state index contributed by atoms with van der Waals surface area (Å²) < 4.78 is 54.3. The molecule has 0 saturated carbocycles. The van der Waals surface area contributed by atoms with Crippen LogP contribution in [-0.4, -0.2) is 94.7 Å². The van der Waals surface area contributed by atoms with E-state index in [1.807, 2.05) is 4.90 Å². The van der Waals surface area contributed by atoms with Crippen LogP contribution < -0.4 is 20.1 Å². The van der Waals surface area contributed by atoms with Crippen LogP contribution in [-0.2, 0) is 29.7 Å². The van der Waals surface area contributed by atoms with Crippen molar-refractivity contribution in [3.63, 3.8) is 0 Å². The molecule has 1 unspecified atom stereocenters. The van der Waals surface area contributed by atoms with E-state index < -0.39 is 19.2 Å². The zero-order chi connectivity index (χ0) is 35.4. The maximum absolute atomic E-state index is 13.4. The lowest BCUT2D eigenvalue weighted by molar-refractivity contribution is -0.116. The summed E-state index contributed by atoms with van der Waals surface area (Å²) in [6, 6.07) is 9.20. The molecule has 0 saturated heterocycles. The number of nitrogens with one attached hydrogen (secondary N) is 2. The summed E-state index contributed by atoms with van der Waals surface area (Å²) in [5.74, 6) is 0.680. The number of amides is 1. The Morgan fingerprint density at radius 1 is 1.04 bits per heavy atom. The third-order valence-electron chi connectivity index (χ3n) is 6.77. The fraction of sp³-hybridized carbons (Fsp3) is 0.438. The molecule has 4 rings (SSSR count). The molecule has 0 bridgehead atoms. The van der Waals surface area contributed by atoms with E-state index >= 15 is 0 Å². The van der Waals surface area contributed by atoms with Crippen LogP contribution in [0.2, 0.25) is 0 Å². The number of phosphoric acid groups is 1. The van der Waals surface area contributed by atoms with Crippen molar-refractivity contribution < 1.29 is 41.9 Å². The lowest BCUT2D eigenvalue weighted by atomic mass is 10.2. The van der Waals surface area contributed by atoms with Crippen LogP contribution in [0.3, 0.4) is 0 Å². The average molecular weight is 704 g/mol. The Balaban J connectivity index is 1.33. The van der Waals surface area contributed by atoms with Crippen LogP contribution in [0.25, 0.3) is 10.9 Å². The summed E-state index contributed by atoms with van der Waals surface area (Å²) in [6.45, 7) is 7.43. The van der Waals surface area contributed by atoms with Crippen molar-refractivity contribution in [1.82, 2.24) is 24.6 Å². The first-order chi connectivity index (χ1) is 23.3. The topological polar surface area (TPSA) is 171 Å². The van der Waals surface area contributed by atoms with Crippen molar-refractivity contribution in [3.05, 3.63) is 60.9 Å². The van der Waals surface area contributed by atoms with Crippen molar-refractivity contribution in [1.29, 1.82) is 0 Å². The van der Waals surface area contributed by atoms with Crippen LogP contribution in [0.1, 0.15) is 27.2 Å². The monoisotopic (exact) mass is 703 g/mol. The van der Waals surface area contributed by atoms with Crippen LogP contribution in [0.15, 0.2) is 55.1 Å². The molecule has 2 heterocycles. The zero-order valence-corrected chi connectivity index (χ0v) is 29.1. The summed E-state index contributed by atoms with van der Waals surface area (Å²) in [5.41, 5.74) is 0.740. The lowest BCUT2D eigenvalue weighted by Gasteiger charge is -2.25. The van der Waals surface area contributed by atoms with Crippen LogP contribution in [0.4, 0.5) is 21.6 Å². The second-order valence-electron chi connectivity index (χ2n) is 11.9. The highest BCUT2D eigenvalue weighted by atomic mass is 31.2. The molecule has 1 atom stereocenters. The van der Waals surface area contributed by atoms with E-state index in [0.717, 1.165) is 0 Å². The summed E-state index contributed by atoms with van der Waals surface area (Å²) in [6.07, 6.45) is 5.27. The minimum absolute atomic E-state index is 0.00961. The number of methoxy groups -OCH3 is 2. The van der Waals surface area contributed by atoms with E-state index in [-0.39, 0.29) is 19.1 Å². The van der Waals surface area contributed by atoms with Gasteiger partial charge in [-0.1, -0.05) is 6.07 Å². The summed E-state index contributed by atoms with van der Waals surface area (Å²) in [7, 11) is -1.03. The molecule has 0 radical (unpaired) electrons. The zero-order valence-electron chi connectivity index (χ0n) is 28.2. The second kappa shape index (κ2) is 17.5. The number of nitrogens with zero attached hydrogens (tertiary/aromatic N) is 5. The smallest absolute Gasteiger partial charge is 0.472 e. The fourth-order valence-electron chi connectivity index (χ4n) is 4.68. The van der Waals surface area contributed by atoms with E-state index in [1.165, 1.54) is 29.2 Å². The van der Waals surface area contributed by atoms with E-state index in [1.54, 1.807) is 65.6 Å². The fourth-order valence-corrected chi connectivity index (χ4v) is 5.74. The number of carbonyl (C=O) groups excluding carboxylic acids is 1. The minimum atomic E-state index is -4.18. The number of phosphoric ester groups is 1. The molecule has 266 valence electrons. The number of halogens is 1. The molecule has 0 spiro atoms. The van der Waals surface area contributed by atoms with Gasteiger partial charge in [0.25, 0.3) is 0 Å². The second-order valence-corrected chi connectivity index (χ2v) is 13.3. The number of hydrogen-bond donors (Lipinski definition) is 3. The number of hydrogen-bond acceptors (Lipinski definition) is 12. The van der Waals surface area contributed by atoms with Crippen molar-refractivity contribution in [3.8, 4) is 11.5 Å². The van der Waals surface area contributed by atoms with E-state index in [0.29, 0.717) is 78.9 Å². The Morgan fingerprint density at radius 3 is 2.57 bits per heavy atom. The highest BCUT2D eigenvalue weighted by Gasteiger charge is 2.28. The maximum Gasteiger partial charge on any atom is 0.472 e. The molecule has 0 fully saturated rings. The van der Waals surface area contributed by atoms with Gasteiger partial charge in [-0.05, 0) is 51.5 Å². The van der Waals surface area contributed by atoms with Gasteiger partial charge in [0.1, 0.15) is 24.5 Å². The van der Waals surface area contributed by atoms with Gasteiger partial charge in [-0.15, -0.1) is 0 Å². The van der Waals surface area contributed by atoms with Crippen molar-refractivity contribution in [2.75, 3.05) is 64.3 Å². The first kappa shape index (κ1) is 37.6. The van der Waals surface area contributed by atoms with Crippen LogP contribution in [0.5, 0.6) is 11.5 Å². The molecule has 17 heteroatoms. The Hall–Kier alpha value is -4.18. The number of carbonyl (C=O) groups is 1. The first-order valence-corrected chi connectivity index (χ1v) is 17.0. The van der Waals surface area contributed by atoms with Gasteiger partial charge in [-0.2, -0.15) is 5.10 Å². The highest BCUT2D eigenvalue weighted by molar-refractivity contribution is 7.47. The van der Waals surface area contributed by atoms with Gasteiger partial charge in [0.05, 0.1) is 49.9 Å². The number of rotatable bonds is 19. The Morgan fingerprint density at radius 2 is 1.84 bits per heavy atom. The summed E-state index contributed by atoms with van der Waals surface area (Å²) in [4.78, 5) is 33.2. The quantitative estimate of drug-likeness (QED) is 0.0881. The van der Waals surface area contributed by atoms with E-state index in [2.05, 4.69) is 25.7 Å². The third kappa shape index (κ3) is 12.3. The van der Waals surface area contributed by atoms with Gasteiger partial charge in [0.2, 0.25) is 5.91 Å². The van der Waals surface area contributed by atoms with Crippen molar-refractivity contribution in [2.45, 2.75) is 39.3 Å². The molecule has 4 aromatic rings.